The summed E-state index contributed by atoms with van der Waals surface area (Å²) in [6, 6.07) is 4.90. The van der Waals surface area contributed by atoms with Gasteiger partial charge in [0.2, 0.25) is 0 Å². The van der Waals surface area contributed by atoms with Gasteiger partial charge in [-0.05, 0) is 38.5 Å². The van der Waals surface area contributed by atoms with Gasteiger partial charge in [0.1, 0.15) is 6.61 Å². The summed E-state index contributed by atoms with van der Waals surface area (Å²) < 4.78 is 10.1. The number of aromatic hydroxyl groups is 1. The lowest BCUT2D eigenvalue weighted by atomic mass is 9.97. The number of hydrogen-bond acceptors (Lipinski definition) is 4. The third-order valence-electron chi connectivity index (χ3n) is 2.23. The van der Waals surface area contributed by atoms with Crippen LogP contribution < -0.4 is 4.74 Å². The Morgan fingerprint density at radius 2 is 2.00 bits per heavy atom. The highest BCUT2D eigenvalue weighted by atomic mass is 16.5. The van der Waals surface area contributed by atoms with Crippen LogP contribution in [0.1, 0.15) is 26.3 Å². The van der Waals surface area contributed by atoms with Crippen LogP contribution in [0.2, 0.25) is 0 Å². The maximum atomic E-state index is 11.5. The van der Waals surface area contributed by atoms with E-state index in [1.807, 2.05) is 0 Å². The molecule has 1 aromatic rings. The predicted octanol–water partition coefficient (Wildman–Crippen LogP) is 2.49. The molecule has 0 aliphatic rings. The van der Waals surface area contributed by atoms with Gasteiger partial charge in [-0.3, -0.25) is 4.79 Å². The van der Waals surface area contributed by atoms with E-state index in [1.165, 1.54) is 13.2 Å². The highest BCUT2D eigenvalue weighted by Gasteiger charge is 2.22. The number of methoxy groups -OCH3 is 1. The summed E-state index contributed by atoms with van der Waals surface area (Å²) in [5.41, 5.74) is 0.204. The molecule has 0 saturated carbocycles. The maximum absolute atomic E-state index is 11.5. The van der Waals surface area contributed by atoms with E-state index in [-0.39, 0.29) is 18.3 Å². The molecule has 0 aliphatic heterocycles. The minimum absolute atomic E-state index is 0.0387. The zero-order valence-electron chi connectivity index (χ0n) is 10.6. The van der Waals surface area contributed by atoms with Crippen molar-refractivity contribution in [2.75, 3.05) is 7.11 Å². The lowest BCUT2D eigenvalue weighted by Gasteiger charge is -2.16. The van der Waals surface area contributed by atoms with Crippen LogP contribution in [0.25, 0.3) is 0 Å². The molecule has 0 spiro atoms. The van der Waals surface area contributed by atoms with Crippen molar-refractivity contribution >= 4 is 5.97 Å². The number of carbonyl (C=O) groups excluding carboxylic acids is 1. The van der Waals surface area contributed by atoms with Crippen molar-refractivity contribution in [3.8, 4) is 11.5 Å². The number of phenolic OH excluding ortho intramolecular Hbond substituents is 1. The summed E-state index contributed by atoms with van der Waals surface area (Å²) in [5.74, 6) is 0.167. The van der Waals surface area contributed by atoms with Gasteiger partial charge in [-0.1, -0.05) is 6.07 Å². The number of rotatable bonds is 3. The van der Waals surface area contributed by atoms with E-state index >= 15 is 0 Å². The Bertz CT molecular complexity index is 404. The molecule has 0 amide bonds. The quantitative estimate of drug-likeness (QED) is 0.822. The molecule has 0 heterocycles. The molecule has 0 unspecified atom stereocenters. The van der Waals surface area contributed by atoms with Gasteiger partial charge in [0, 0.05) is 0 Å². The molecule has 0 aliphatic carbocycles. The first-order chi connectivity index (χ1) is 7.84. The fraction of sp³-hybridized carbons (Fsp3) is 0.462. The molecule has 1 N–H and O–H groups in total. The highest BCUT2D eigenvalue weighted by molar-refractivity contribution is 5.75. The topological polar surface area (TPSA) is 55.8 Å². The molecule has 0 fully saturated rings. The predicted molar refractivity (Wildman–Crippen MR) is 63.9 cm³/mol. The van der Waals surface area contributed by atoms with E-state index < -0.39 is 5.41 Å². The lowest BCUT2D eigenvalue weighted by Crippen LogP contribution is -2.22. The molecule has 0 aromatic heterocycles. The molecule has 4 nitrogen and oxygen atoms in total. The normalized spacial score (nSPS) is 11.1. The third-order valence-corrected chi connectivity index (χ3v) is 2.23. The van der Waals surface area contributed by atoms with Crippen LogP contribution in [0.5, 0.6) is 11.5 Å². The van der Waals surface area contributed by atoms with E-state index in [0.717, 1.165) is 5.56 Å². The van der Waals surface area contributed by atoms with Crippen LogP contribution in [0.3, 0.4) is 0 Å². The van der Waals surface area contributed by atoms with Crippen LogP contribution >= 0.6 is 0 Å². The van der Waals surface area contributed by atoms with E-state index in [2.05, 4.69) is 0 Å². The Balaban J connectivity index is 2.65. The first kappa shape index (κ1) is 13.4. The molecular formula is C13H18O4. The largest absolute Gasteiger partial charge is 0.504 e. The zero-order valence-corrected chi connectivity index (χ0v) is 10.6. The third kappa shape index (κ3) is 3.66. The van der Waals surface area contributed by atoms with Gasteiger partial charge in [0.25, 0.3) is 0 Å². The molecule has 0 atom stereocenters. The molecule has 0 radical (unpaired) electrons. The summed E-state index contributed by atoms with van der Waals surface area (Å²) in [6.45, 7) is 5.52. The van der Waals surface area contributed by atoms with E-state index in [9.17, 15) is 9.90 Å². The Labute approximate surface area is 101 Å². The van der Waals surface area contributed by atoms with Gasteiger partial charge in [-0.2, -0.15) is 0 Å². The molecule has 0 bridgehead atoms. The number of ether oxygens (including phenoxy) is 2. The van der Waals surface area contributed by atoms with Crippen molar-refractivity contribution in [2.24, 2.45) is 5.41 Å². The smallest absolute Gasteiger partial charge is 0.311 e. The fourth-order valence-corrected chi connectivity index (χ4v) is 1.19. The number of benzene rings is 1. The summed E-state index contributed by atoms with van der Waals surface area (Å²) in [6.07, 6.45) is 0. The molecule has 1 rings (SSSR count). The molecule has 94 valence electrons. The van der Waals surface area contributed by atoms with Gasteiger partial charge < -0.3 is 14.6 Å². The van der Waals surface area contributed by atoms with Gasteiger partial charge in [-0.25, -0.2) is 0 Å². The van der Waals surface area contributed by atoms with Gasteiger partial charge in [0.05, 0.1) is 12.5 Å². The Kier molecular flexibility index (Phi) is 3.99. The Morgan fingerprint density at radius 1 is 1.35 bits per heavy atom. The number of carbonyl (C=O) groups is 1. The van der Waals surface area contributed by atoms with Crippen LogP contribution in [0.15, 0.2) is 18.2 Å². The standard InChI is InChI=1S/C13H18O4/c1-13(2,3)12(15)17-8-9-5-6-11(16-4)10(14)7-9/h5-7,14H,8H2,1-4H3. The van der Waals surface area contributed by atoms with Crippen molar-refractivity contribution in [1.82, 2.24) is 0 Å². The van der Waals surface area contributed by atoms with Crippen molar-refractivity contribution in [1.29, 1.82) is 0 Å². The first-order valence-corrected chi connectivity index (χ1v) is 5.37. The van der Waals surface area contributed by atoms with E-state index in [1.54, 1.807) is 32.9 Å². The van der Waals surface area contributed by atoms with Gasteiger partial charge >= 0.3 is 5.97 Å². The minimum atomic E-state index is -0.519. The first-order valence-electron chi connectivity index (χ1n) is 5.37. The number of phenols is 1. The SMILES string of the molecule is COc1ccc(COC(=O)C(C)(C)C)cc1O. The number of hydrogen-bond donors (Lipinski definition) is 1. The summed E-state index contributed by atoms with van der Waals surface area (Å²) >= 11 is 0. The second kappa shape index (κ2) is 5.08. The Morgan fingerprint density at radius 3 is 2.47 bits per heavy atom. The average molecular weight is 238 g/mol. The second-order valence-electron chi connectivity index (χ2n) is 4.83. The van der Waals surface area contributed by atoms with Crippen LogP contribution in [-0.4, -0.2) is 18.2 Å². The molecule has 4 heteroatoms. The van der Waals surface area contributed by atoms with Crippen LogP contribution in [0, 0.1) is 5.41 Å². The van der Waals surface area contributed by atoms with Crippen LogP contribution in [-0.2, 0) is 16.1 Å². The van der Waals surface area contributed by atoms with Crippen LogP contribution in [0.4, 0.5) is 0 Å². The van der Waals surface area contributed by atoms with Crippen molar-refractivity contribution in [3.05, 3.63) is 23.8 Å². The van der Waals surface area contributed by atoms with E-state index in [0.29, 0.717) is 5.75 Å². The second-order valence-corrected chi connectivity index (χ2v) is 4.83. The lowest BCUT2D eigenvalue weighted by molar-refractivity contribution is -0.154. The van der Waals surface area contributed by atoms with Gasteiger partial charge in [0.15, 0.2) is 11.5 Å². The summed E-state index contributed by atoms with van der Waals surface area (Å²) in [7, 11) is 1.48. The average Bonchev–Trinajstić information content (AvgIpc) is 2.24. The zero-order chi connectivity index (χ0) is 13.1. The van der Waals surface area contributed by atoms with Gasteiger partial charge in [-0.15, -0.1) is 0 Å². The maximum Gasteiger partial charge on any atom is 0.311 e. The van der Waals surface area contributed by atoms with E-state index in [4.69, 9.17) is 9.47 Å². The molecule has 17 heavy (non-hydrogen) atoms. The minimum Gasteiger partial charge on any atom is -0.504 e. The molecule has 1 aromatic carbocycles. The molecule has 0 saturated heterocycles. The molecular weight excluding hydrogens is 220 g/mol. The number of esters is 1. The van der Waals surface area contributed by atoms with Crippen molar-refractivity contribution in [2.45, 2.75) is 27.4 Å². The Hall–Kier alpha value is -1.71. The van der Waals surface area contributed by atoms with Crippen molar-refractivity contribution in [3.63, 3.8) is 0 Å². The summed E-state index contributed by atoms with van der Waals surface area (Å²) in [4.78, 5) is 11.5. The highest BCUT2D eigenvalue weighted by Crippen LogP contribution is 2.26. The monoisotopic (exact) mass is 238 g/mol. The fourth-order valence-electron chi connectivity index (χ4n) is 1.19. The van der Waals surface area contributed by atoms with Crippen molar-refractivity contribution < 1.29 is 19.4 Å². The summed E-state index contributed by atoms with van der Waals surface area (Å²) in [5, 5.41) is 9.55.